The first kappa shape index (κ1) is 20.1. The molecule has 0 bridgehead atoms. The molecule has 1 fully saturated rings. The van der Waals surface area contributed by atoms with E-state index in [2.05, 4.69) is 53.0 Å². The van der Waals surface area contributed by atoms with Crippen LogP contribution in [0.15, 0.2) is 0 Å². The van der Waals surface area contributed by atoms with Crippen LogP contribution in [0.4, 0.5) is 0 Å². The maximum atomic E-state index is 6.42. The summed E-state index contributed by atoms with van der Waals surface area (Å²) >= 11 is 0. The maximum Gasteiger partial charge on any atom is 0.430 e. The average Bonchev–Trinajstić information content (AvgIpc) is 2.36. The molecule has 5 heteroatoms. The molecular weight excluding hydrogens is 292 g/mol. The van der Waals surface area contributed by atoms with Crippen LogP contribution < -0.4 is 5.73 Å². The topological polar surface area (TPSA) is 47.7 Å². The van der Waals surface area contributed by atoms with E-state index in [-0.39, 0.29) is 17.1 Å². The van der Waals surface area contributed by atoms with Gasteiger partial charge in [0.1, 0.15) is 0 Å². The van der Waals surface area contributed by atoms with Gasteiger partial charge in [0.15, 0.2) is 0 Å². The SMILES string of the molecule is CCO[Si](CC(N)CC)(OCC)N1C(C)(C)CCCC1(C)C. The Morgan fingerprint density at radius 3 is 1.82 bits per heavy atom. The van der Waals surface area contributed by atoms with Crippen molar-refractivity contribution in [1.82, 2.24) is 4.57 Å². The standard InChI is InChI=1S/C17H38N2O2Si/c1-8-15(18)14-22(20-9-2,21-10-3)19-16(4,5)12-11-13-17(19,6)7/h15H,8-14,18H2,1-7H3. The smallest absolute Gasteiger partial charge is 0.383 e. The molecule has 1 rings (SSSR count). The minimum absolute atomic E-state index is 0.0891. The van der Waals surface area contributed by atoms with Crippen LogP contribution in [0.2, 0.25) is 6.04 Å². The fraction of sp³-hybridized carbons (Fsp3) is 1.00. The molecule has 1 aliphatic heterocycles. The molecule has 0 aliphatic carbocycles. The molecule has 22 heavy (non-hydrogen) atoms. The van der Waals surface area contributed by atoms with Crippen LogP contribution in [0.25, 0.3) is 0 Å². The number of piperidine rings is 1. The van der Waals surface area contributed by atoms with Gasteiger partial charge in [-0.15, -0.1) is 0 Å². The highest BCUT2D eigenvalue weighted by molar-refractivity contribution is 6.65. The maximum absolute atomic E-state index is 6.42. The van der Waals surface area contributed by atoms with Crippen molar-refractivity contribution in [3.63, 3.8) is 0 Å². The Kier molecular flexibility index (Phi) is 7.08. The van der Waals surface area contributed by atoms with Crippen LogP contribution in [0, 0.1) is 0 Å². The molecule has 4 nitrogen and oxygen atoms in total. The van der Waals surface area contributed by atoms with Crippen molar-refractivity contribution >= 4 is 8.72 Å². The molecule has 0 spiro atoms. The van der Waals surface area contributed by atoms with Gasteiger partial charge in [-0.2, -0.15) is 0 Å². The molecule has 0 saturated carbocycles. The Morgan fingerprint density at radius 2 is 1.45 bits per heavy atom. The van der Waals surface area contributed by atoms with Crippen molar-refractivity contribution < 1.29 is 8.85 Å². The molecule has 132 valence electrons. The molecule has 2 N–H and O–H groups in total. The molecule has 1 saturated heterocycles. The first-order chi connectivity index (χ1) is 10.1. The van der Waals surface area contributed by atoms with Gasteiger partial charge in [0.25, 0.3) is 0 Å². The first-order valence-electron chi connectivity index (χ1n) is 8.99. The van der Waals surface area contributed by atoms with E-state index < -0.39 is 8.72 Å². The Morgan fingerprint density at radius 1 is 1.00 bits per heavy atom. The van der Waals surface area contributed by atoms with Gasteiger partial charge in [0, 0.05) is 36.4 Å². The van der Waals surface area contributed by atoms with E-state index in [0.29, 0.717) is 13.2 Å². The fourth-order valence-corrected chi connectivity index (χ4v) is 8.91. The zero-order valence-electron chi connectivity index (χ0n) is 15.9. The molecule has 1 atom stereocenters. The number of nitrogens with zero attached hydrogens (tertiary/aromatic N) is 1. The highest BCUT2D eigenvalue weighted by Gasteiger charge is 2.57. The monoisotopic (exact) mass is 330 g/mol. The number of hydrogen-bond donors (Lipinski definition) is 1. The second-order valence-corrected chi connectivity index (χ2v) is 10.6. The van der Waals surface area contributed by atoms with Gasteiger partial charge < -0.3 is 14.6 Å². The number of hydrogen-bond acceptors (Lipinski definition) is 4. The van der Waals surface area contributed by atoms with Crippen LogP contribution in [0.5, 0.6) is 0 Å². The van der Waals surface area contributed by atoms with Crippen LogP contribution in [-0.4, -0.2) is 43.6 Å². The summed E-state index contributed by atoms with van der Waals surface area (Å²) < 4.78 is 15.4. The normalized spacial score (nSPS) is 23.5. The van der Waals surface area contributed by atoms with E-state index in [0.717, 1.165) is 12.5 Å². The minimum atomic E-state index is -2.54. The Bertz CT molecular complexity index is 326. The predicted octanol–water partition coefficient (Wildman–Crippen LogP) is 3.78. The molecule has 0 radical (unpaired) electrons. The molecule has 0 aromatic rings. The van der Waals surface area contributed by atoms with Crippen molar-refractivity contribution in [2.75, 3.05) is 13.2 Å². The third-order valence-electron chi connectivity index (χ3n) is 4.91. The van der Waals surface area contributed by atoms with Gasteiger partial charge in [-0.05, 0) is 67.2 Å². The summed E-state index contributed by atoms with van der Waals surface area (Å²) in [6.07, 6.45) is 4.60. The van der Waals surface area contributed by atoms with Gasteiger partial charge >= 0.3 is 8.72 Å². The van der Waals surface area contributed by atoms with Crippen molar-refractivity contribution in [2.45, 2.75) is 97.3 Å². The first-order valence-corrected chi connectivity index (χ1v) is 11.0. The molecule has 1 heterocycles. The van der Waals surface area contributed by atoms with Crippen molar-refractivity contribution in [3.8, 4) is 0 Å². The molecular formula is C17H38N2O2Si. The fourth-order valence-electron chi connectivity index (χ4n) is 4.23. The van der Waals surface area contributed by atoms with E-state index in [1.807, 2.05) is 0 Å². The van der Waals surface area contributed by atoms with Crippen molar-refractivity contribution in [1.29, 1.82) is 0 Å². The summed E-state index contributed by atoms with van der Waals surface area (Å²) in [4.78, 5) is 0. The summed E-state index contributed by atoms with van der Waals surface area (Å²) in [6, 6.07) is 0.983. The van der Waals surface area contributed by atoms with Crippen molar-refractivity contribution in [3.05, 3.63) is 0 Å². The zero-order valence-corrected chi connectivity index (χ0v) is 16.9. The summed E-state index contributed by atoms with van der Waals surface area (Å²) in [7, 11) is -2.54. The zero-order chi connectivity index (χ0) is 17.0. The van der Waals surface area contributed by atoms with E-state index in [4.69, 9.17) is 14.6 Å². The largest absolute Gasteiger partial charge is 0.430 e. The number of nitrogens with two attached hydrogens (primary N) is 1. The average molecular weight is 331 g/mol. The molecule has 1 unspecified atom stereocenters. The summed E-state index contributed by atoms with van der Waals surface area (Å²) in [5, 5.41) is 0. The molecule has 0 aromatic heterocycles. The third kappa shape index (κ3) is 4.32. The van der Waals surface area contributed by atoms with E-state index >= 15 is 0 Å². The molecule has 0 amide bonds. The van der Waals surface area contributed by atoms with Crippen LogP contribution in [-0.2, 0) is 8.85 Å². The molecule has 0 aromatic carbocycles. The number of rotatable bonds is 8. The van der Waals surface area contributed by atoms with Gasteiger partial charge in [0.05, 0.1) is 0 Å². The quantitative estimate of drug-likeness (QED) is 0.688. The minimum Gasteiger partial charge on any atom is -0.383 e. The Labute approximate surface area is 139 Å². The van der Waals surface area contributed by atoms with Gasteiger partial charge in [-0.25, -0.2) is 0 Å². The molecule has 1 aliphatic rings. The van der Waals surface area contributed by atoms with Crippen molar-refractivity contribution in [2.24, 2.45) is 5.73 Å². The van der Waals surface area contributed by atoms with E-state index in [1.54, 1.807) is 0 Å². The van der Waals surface area contributed by atoms with E-state index in [9.17, 15) is 0 Å². The Hall–Kier alpha value is 0.0569. The van der Waals surface area contributed by atoms with Gasteiger partial charge in [0.2, 0.25) is 0 Å². The second-order valence-electron chi connectivity index (χ2n) is 7.77. The third-order valence-corrected chi connectivity index (χ3v) is 9.32. The summed E-state index contributed by atoms with van der Waals surface area (Å²) in [5.74, 6) is 0. The summed E-state index contributed by atoms with van der Waals surface area (Å²) in [5.41, 5.74) is 6.53. The second kappa shape index (κ2) is 7.75. The van der Waals surface area contributed by atoms with Gasteiger partial charge in [-0.3, -0.25) is 4.57 Å². The van der Waals surface area contributed by atoms with Crippen LogP contribution in [0.3, 0.4) is 0 Å². The lowest BCUT2D eigenvalue weighted by atomic mass is 9.83. The lowest BCUT2D eigenvalue weighted by molar-refractivity contribution is -0.0199. The van der Waals surface area contributed by atoms with E-state index in [1.165, 1.54) is 19.3 Å². The van der Waals surface area contributed by atoms with Gasteiger partial charge in [-0.1, -0.05) is 6.92 Å². The predicted molar refractivity (Wildman–Crippen MR) is 95.9 cm³/mol. The van der Waals surface area contributed by atoms with Crippen LogP contribution in [0.1, 0.15) is 74.1 Å². The highest BCUT2D eigenvalue weighted by atomic mass is 28.4. The Balaban J connectivity index is 3.30. The van der Waals surface area contributed by atoms with Crippen LogP contribution >= 0.6 is 0 Å². The lowest BCUT2D eigenvalue weighted by Gasteiger charge is -2.59. The lowest BCUT2D eigenvalue weighted by Crippen LogP contribution is -2.74. The highest BCUT2D eigenvalue weighted by Crippen LogP contribution is 2.44. The summed E-state index contributed by atoms with van der Waals surface area (Å²) in [6.45, 7) is 17.0.